The van der Waals surface area contributed by atoms with E-state index < -0.39 is 5.97 Å². The Morgan fingerprint density at radius 1 is 1.21 bits per heavy atom. The summed E-state index contributed by atoms with van der Waals surface area (Å²) in [5.41, 5.74) is 1.33. The van der Waals surface area contributed by atoms with Crippen molar-refractivity contribution in [3.8, 4) is 0 Å². The van der Waals surface area contributed by atoms with E-state index in [2.05, 4.69) is 5.32 Å². The van der Waals surface area contributed by atoms with E-state index >= 15 is 0 Å². The number of rotatable bonds is 6. The molecule has 19 heavy (non-hydrogen) atoms. The first-order valence-electron chi connectivity index (χ1n) is 6.38. The third-order valence-electron chi connectivity index (χ3n) is 2.91. The van der Waals surface area contributed by atoms with Gasteiger partial charge in [-0.05, 0) is 36.6 Å². The normalized spacial score (nSPS) is 10.9. The molecule has 0 saturated carbocycles. The van der Waals surface area contributed by atoms with Crippen LogP contribution in [0.5, 0.6) is 0 Å². The number of carboxylic acid groups (broad SMARTS) is 1. The van der Waals surface area contributed by atoms with Gasteiger partial charge in [0, 0.05) is 17.7 Å². The number of hydrogen-bond donors (Lipinski definition) is 2. The SMILES string of the molecule is CCC(CC)NC(=O)c1ccc(C=CC(=O)O)cc1. The van der Waals surface area contributed by atoms with Crippen LogP contribution in [0.1, 0.15) is 42.6 Å². The van der Waals surface area contributed by atoms with Crippen LogP contribution in [0.3, 0.4) is 0 Å². The summed E-state index contributed by atoms with van der Waals surface area (Å²) < 4.78 is 0. The summed E-state index contributed by atoms with van der Waals surface area (Å²) in [6, 6.07) is 7.03. The highest BCUT2D eigenvalue weighted by Gasteiger charge is 2.09. The summed E-state index contributed by atoms with van der Waals surface area (Å²) in [6.07, 6.45) is 4.37. The standard InChI is InChI=1S/C15H19NO3/c1-3-13(4-2)16-15(19)12-8-5-11(6-9-12)7-10-14(17)18/h5-10,13H,3-4H2,1-2H3,(H,16,19)(H,17,18). The van der Waals surface area contributed by atoms with Crippen molar-refractivity contribution in [3.05, 3.63) is 41.5 Å². The Bertz CT molecular complexity index is 459. The van der Waals surface area contributed by atoms with Gasteiger partial charge in [0.25, 0.3) is 5.91 Å². The maximum absolute atomic E-state index is 11.9. The second-order valence-electron chi connectivity index (χ2n) is 4.28. The van der Waals surface area contributed by atoms with E-state index in [4.69, 9.17) is 5.11 Å². The Labute approximate surface area is 113 Å². The maximum atomic E-state index is 11.9. The first kappa shape index (κ1) is 15.0. The number of carbonyl (C=O) groups excluding carboxylic acids is 1. The van der Waals surface area contributed by atoms with Gasteiger partial charge in [0.05, 0.1) is 0 Å². The molecule has 0 atom stereocenters. The summed E-state index contributed by atoms with van der Waals surface area (Å²) in [5, 5.41) is 11.5. The summed E-state index contributed by atoms with van der Waals surface area (Å²) in [7, 11) is 0. The number of amides is 1. The van der Waals surface area contributed by atoms with Crippen molar-refractivity contribution in [2.75, 3.05) is 0 Å². The van der Waals surface area contributed by atoms with Crippen molar-refractivity contribution in [2.45, 2.75) is 32.7 Å². The minimum atomic E-state index is -0.990. The first-order valence-corrected chi connectivity index (χ1v) is 6.38. The van der Waals surface area contributed by atoms with Crippen molar-refractivity contribution in [1.82, 2.24) is 5.32 Å². The van der Waals surface area contributed by atoms with Gasteiger partial charge in [-0.2, -0.15) is 0 Å². The summed E-state index contributed by atoms with van der Waals surface area (Å²) in [4.78, 5) is 22.3. The topological polar surface area (TPSA) is 66.4 Å². The van der Waals surface area contributed by atoms with Gasteiger partial charge in [0.1, 0.15) is 0 Å². The smallest absolute Gasteiger partial charge is 0.328 e. The molecular formula is C15H19NO3. The fourth-order valence-electron chi connectivity index (χ4n) is 1.67. The number of carboxylic acids is 1. The number of benzene rings is 1. The first-order chi connectivity index (χ1) is 9.06. The number of aliphatic carboxylic acids is 1. The van der Waals surface area contributed by atoms with Gasteiger partial charge in [0.15, 0.2) is 0 Å². The lowest BCUT2D eigenvalue weighted by Crippen LogP contribution is -2.33. The minimum Gasteiger partial charge on any atom is -0.478 e. The average Bonchev–Trinajstić information content (AvgIpc) is 2.42. The molecule has 0 aliphatic heterocycles. The molecule has 1 amide bonds. The molecular weight excluding hydrogens is 242 g/mol. The van der Waals surface area contributed by atoms with Crippen LogP contribution in [-0.2, 0) is 4.79 Å². The third kappa shape index (κ3) is 4.95. The monoisotopic (exact) mass is 261 g/mol. The molecule has 0 aromatic heterocycles. The maximum Gasteiger partial charge on any atom is 0.328 e. The fourth-order valence-corrected chi connectivity index (χ4v) is 1.67. The van der Waals surface area contributed by atoms with Crippen LogP contribution in [0.2, 0.25) is 0 Å². The van der Waals surface area contributed by atoms with Crippen molar-refractivity contribution < 1.29 is 14.7 Å². The van der Waals surface area contributed by atoms with Gasteiger partial charge in [-0.15, -0.1) is 0 Å². The molecule has 0 aliphatic carbocycles. The lowest BCUT2D eigenvalue weighted by molar-refractivity contribution is -0.131. The van der Waals surface area contributed by atoms with E-state index in [-0.39, 0.29) is 11.9 Å². The van der Waals surface area contributed by atoms with E-state index in [0.29, 0.717) is 5.56 Å². The van der Waals surface area contributed by atoms with Crippen molar-refractivity contribution in [2.24, 2.45) is 0 Å². The fraction of sp³-hybridized carbons (Fsp3) is 0.333. The zero-order valence-corrected chi connectivity index (χ0v) is 11.2. The van der Waals surface area contributed by atoms with Crippen molar-refractivity contribution >= 4 is 18.0 Å². The van der Waals surface area contributed by atoms with Crippen LogP contribution in [0.25, 0.3) is 6.08 Å². The molecule has 0 spiro atoms. The van der Waals surface area contributed by atoms with E-state index in [9.17, 15) is 9.59 Å². The number of nitrogens with one attached hydrogen (secondary N) is 1. The molecule has 4 nitrogen and oxygen atoms in total. The number of hydrogen-bond acceptors (Lipinski definition) is 2. The van der Waals surface area contributed by atoms with Gasteiger partial charge < -0.3 is 10.4 Å². The molecule has 1 rings (SSSR count). The second-order valence-corrected chi connectivity index (χ2v) is 4.28. The summed E-state index contributed by atoms with van der Waals surface area (Å²) in [5.74, 6) is -1.09. The van der Waals surface area contributed by atoms with E-state index in [0.717, 1.165) is 24.5 Å². The third-order valence-corrected chi connectivity index (χ3v) is 2.91. The summed E-state index contributed by atoms with van der Waals surface area (Å²) >= 11 is 0. The average molecular weight is 261 g/mol. The van der Waals surface area contributed by atoms with Gasteiger partial charge >= 0.3 is 5.97 Å². The zero-order chi connectivity index (χ0) is 14.3. The second kappa shape index (κ2) is 7.36. The van der Waals surface area contributed by atoms with Crippen LogP contribution in [0, 0.1) is 0 Å². The molecule has 0 radical (unpaired) electrons. The lowest BCUT2D eigenvalue weighted by atomic mass is 10.1. The Morgan fingerprint density at radius 3 is 2.26 bits per heavy atom. The molecule has 0 saturated heterocycles. The molecule has 0 heterocycles. The number of carbonyl (C=O) groups is 2. The van der Waals surface area contributed by atoms with Crippen molar-refractivity contribution in [3.63, 3.8) is 0 Å². The van der Waals surface area contributed by atoms with Crippen LogP contribution < -0.4 is 5.32 Å². The molecule has 102 valence electrons. The minimum absolute atomic E-state index is 0.0949. The molecule has 0 fully saturated rings. The molecule has 0 aliphatic rings. The Hall–Kier alpha value is -2.10. The molecule has 4 heteroatoms. The van der Waals surface area contributed by atoms with Gasteiger partial charge in [-0.1, -0.05) is 26.0 Å². The van der Waals surface area contributed by atoms with Gasteiger partial charge in [0.2, 0.25) is 0 Å². The van der Waals surface area contributed by atoms with Crippen LogP contribution in [0.15, 0.2) is 30.3 Å². The predicted molar refractivity (Wildman–Crippen MR) is 74.9 cm³/mol. The molecule has 2 N–H and O–H groups in total. The van der Waals surface area contributed by atoms with Crippen molar-refractivity contribution in [1.29, 1.82) is 0 Å². The summed E-state index contributed by atoms with van der Waals surface area (Å²) in [6.45, 7) is 4.07. The van der Waals surface area contributed by atoms with Crippen LogP contribution in [-0.4, -0.2) is 23.0 Å². The lowest BCUT2D eigenvalue weighted by Gasteiger charge is -2.14. The highest BCUT2D eigenvalue weighted by atomic mass is 16.4. The Balaban J connectivity index is 2.70. The van der Waals surface area contributed by atoms with Crippen LogP contribution >= 0.6 is 0 Å². The Morgan fingerprint density at radius 2 is 1.79 bits per heavy atom. The zero-order valence-electron chi connectivity index (χ0n) is 11.2. The van der Waals surface area contributed by atoms with Crippen LogP contribution in [0.4, 0.5) is 0 Å². The largest absolute Gasteiger partial charge is 0.478 e. The van der Waals surface area contributed by atoms with Gasteiger partial charge in [-0.3, -0.25) is 4.79 Å². The predicted octanol–water partition coefficient (Wildman–Crippen LogP) is 2.70. The molecule has 0 unspecified atom stereocenters. The van der Waals surface area contributed by atoms with E-state index in [1.54, 1.807) is 24.3 Å². The highest BCUT2D eigenvalue weighted by molar-refractivity contribution is 5.94. The van der Waals surface area contributed by atoms with E-state index in [1.165, 1.54) is 6.08 Å². The Kier molecular flexibility index (Phi) is 5.79. The van der Waals surface area contributed by atoms with E-state index in [1.807, 2.05) is 13.8 Å². The van der Waals surface area contributed by atoms with Gasteiger partial charge in [-0.25, -0.2) is 4.79 Å². The highest BCUT2D eigenvalue weighted by Crippen LogP contribution is 2.07. The molecule has 0 bridgehead atoms. The molecule has 1 aromatic carbocycles. The molecule has 1 aromatic rings. The quantitative estimate of drug-likeness (QED) is 0.774.